The highest BCUT2D eigenvalue weighted by molar-refractivity contribution is 6.05. The molecule has 7 heteroatoms. The molecule has 2 fully saturated rings. The predicted molar refractivity (Wildman–Crippen MR) is 84.1 cm³/mol. The van der Waals surface area contributed by atoms with E-state index in [1.807, 2.05) is 30.3 Å². The average molecular weight is 325 g/mol. The van der Waals surface area contributed by atoms with Gasteiger partial charge in [-0.25, -0.2) is 4.79 Å². The van der Waals surface area contributed by atoms with Crippen molar-refractivity contribution in [1.29, 1.82) is 0 Å². The van der Waals surface area contributed by atoms with E-state index in [0.29, 0.717) is 13.1 Å². The van der Waals surface area contributed by atoms with Crippen LogP contribution < -0.4 is 5.32 Å². The Morgan fingerprint density at radius 1 is 1.12 bits per heavy atom. The first-order valence-corrected chi connectivity index (χ1v) is 7.69. The second-order valence-corrected chi connectivity index (χ2v) is 5.78. The van der Waals surface area contributed by atoms with Crippen molar-refractivity contribution in [1.82, 2.24) is 15.1 Å². The number of piperazine rings is 1. The van der Waals surface area contributed by atoms with Crippen LogP contribution >= 0.6 is 0 Å². The Labute approximate surface area is 137 Å². The number of benzene rings is 1. The normalized spacial score (nSPS) is 20.1. The van der Waals surface area contributed by atoms with Crippen LogP contribution in [-0.2, 0) is 4.79 Å². The number of fused-ring (bicyclic) bond motifs is 1. The van der Waals surface area contributed by atoms with Crippen molar-refractivity contribution >= 4 is 17.8 Å². The van der Waals surface area contributed by atoms with Crippen molar-refractivity contribution < 1.29 is 18.8 Å². The average Bonchev–Trinajstić information content (AvgIpc) is 3.20. The SMILES string of the molecule is O=C1NC(=O)N2CCN(C(=O)c3occc3-c3ccccc3)CC12. The van der Waals surface area contributed by atoms with Gasteiger partial charge < -0.3 is 14.2 Å². The highest BCUT2D eigenvalue weighted by Crippen LogP contribution is 2.27. The van der Waals surface area contributed by atoms with Crippen molar-refractivity contribution in [2.45, 2.75) is 6.04 Å². The zero-order valence-electron chi connectivity index (χ0n) is 12.8. The van der Waals surface area contributed by atoms with E-state index in [0.717, 1.165) is 11.1 Å². The van der Waals surface area contributed by atoms with Gasteiger partial charge in [0.05, 0.1) is 12.8 Å². The number of hydrogen-bond acceptors (Lipinski definition) is 4. The highest BCUT2D eigenvalue weighted by Gasteiger charge is 2.43. The molecule has 3 heterocycles. The van der Waals surface area contributed by atoms with E-state index in [9.17, 15) is 14.4 Å². The third-order valence-electron chi connectivity index (χ3n) is 4.41. The van der Waals surface area contributed by atoms with Crippen LogP contribution in [0.25, 0.3) is 11.1 Å². The van der Waals surface area contributed by atoms with Crippen LogP contribution in [0.15, 0.2) is 47.1 Å². The van der Waals surface area contributed by atoms with E-state index < -0.39 is 6.04 Å². The van der Waals surface area contributed by atoms with Crippen LogP contribution in [0, 0.1) is 0 Å². The molecule has 4 amide bonds. The molecule has 2 saturated heterocycles. The summed E-state index contributed by atoms with van der Waals surface area (Å²) >= 11 is 0. The lowest BCUT2D eigenvalue weighted by Crippen LogP contribution is -2.54. The quantitative estimate of drug-likeness (QED) is 0.844. The van der Waals surface area contributed by atoms with Gasteiger partial charge in [-0.2, -0.15) is 0 Å². The maximum Gasteiger partial charge on any atom is 0.324 e. The fourth-order valence-electron chi connectivity index (χ4n) is 3.16. The molecule has 1 aromatic heterocycles. The Morgan fingerprint density at radius 3 is 2.71 bits per heavy atom. The van der Waals surface area contributed by atoms with Crippen molar-refractivity contribution in [2.24, 2.45) is 0 Å². The Balaban J connectivity index is 1.59. The van der Waals surface area contributed by atoms with Crippen LogP contribution in [0.3, 0.4) is 0 Å². The molecule has 122 valence electrons. The number of amides is 4. The van der Waals surface area contributed by atoms with Gasteiger partial charge in [-0.1, -0.05) is 30.3 Å². The number of carbonyl (C=O) groups excluding carboxylic acids is 3. The Morgan fingerprint density at radius 2 is 1.92 bits per heavy atom. The standard InChI is InChI=1S/C17H15N3O4/c21-15-13-10-19(7-8-20(13)17(23)18-15)16(22)14-12(6-9-24-14)11-4-2-1-3-5-11/h1-6,9,13H,7-8,10H2,(H,18,21,23). The van der Waals surface area contributed by atoms with Gasteiger partial charge in [0.15, 0.2) is 5.76 Å². The molecule has 0 radical (unpaired) electrons. The van der Waals surface area contributed by atoms with Gasteiger partial charge in [0.25, 0.3) is 11.8 Å². The van der Waals surface area contributed by atoms with E-state index in [1.165, 1.54) is 11.2 Å². The molecule has 24 heavy (non-hydrogen) atoms. The third-order valence-corrected chi connectivity index (χ3v) is 4.41. The van der Waals surface area contributed by atoms with Gasteiger partial charge in [0, 0.05) is 18.7 Å². The summed E-state index contributed by atoms with van der Waals surface area (Å²) in [5.41, 5.74) is 1.61. The van der Waals surface area contributed by atoms with Gasteiger partial charge in [0.1, 0.15) is 6.04 Å². The summed E-state index contributed by atoms with van der Waals surface area (Å²) < 4.78 is 5.42. The first-order valence-electron chi connectivity index (χ1n) is 7.69. The van der Waals surface area contributed by atoms with E-state index in [2.05, 4.69) is 5.32 Å². The minimum absolute atomic E-state index is 0.172. The summed E-state index contributed by atoms with van der Waals surface area (Å²) in [7, 11) is 0. The lowest BCUT2D eigenvalue weighted by molar-refractivity contribution is -0.122. The van der Waals surface area contributed by atoms with Crippen LogP contribution in [0.4, 0.5) is 4.79 Å². The number of nitrogens with one attached hydrogen (secondary N) is 1. The highest BCUT2D eigenvalue weighted by atomic mass is 16.3. The van der Waals surface area contributed by atoms with Crippen LogP contribution in [0.5, 0.6) is 0 Å². The van der Waals surface area contributed by atoms with Crippen molar-refractivity contribution in [3.05, 3.63) is 48.4 Å². The first-order chi connectivity index (χ1) is 11.6. The zero-order chi connectivity index (χ0) is 16.7. The Hall–Kier alpha value is -3.09. The monoisotopic (exact) mass is 325 g/mol. The second kappa shape index (κ2) is 5.52. The molecule has 1 N–H and O–H groups in total. The number of carbonyl (C=O) groups is 3. The molecule has 2 aromatic rings. The lowest BCUT2D eigenvalue weighted by atomic mass is 10.1. The zero-order valence-corrected chi connectivity index (χ0v) is 12.8. The van der Waals surface area contributed by atoms with Gasteiger partial charge >= 0.3 is 6.03 Å². The minimum Gasteiger partial charge on any atom is -0.459 e. The van der Waals surface area contributed by atoms with Gasteiger partial charge in [-0.15, -0.1) is 0 Å². The molecule has 4 rings (SSSR count). The van der Waals surface area contributed by atoms with E-state index >= 15 is 0 Å². The van der Waals surface area contributed by atoms with Crippen LogP contribution in [0.1, 0.15) is 10.6 Å². The van der Waals surface area contributed by atoms with Gasteiger partial charge in [0.2, 0.25) is 0 Å². The predicted octanol–water partition coefficient (Wildman–Crippen LogP) is 1.32. The lowest BCUT2D eigenvalue weighted by Gasteiger charge is -2.35. The van der Waals surface area contributed by atoms with Crippen molar-refractivity contribution in [2.75, 3.05) is 19.6 Å². The van der Waals surface area contributed by atoms with Gasteiger partial charge in [-0.3, -0.25) is 14.9 Å². The smallest absolute Gasteiger partial charge is 0.324 e. The van der Waals surface area contributed by atoms with Crippen molar-refractivity contribution in [3.8, 4) is 11.1 Å². The molecule has 0 aliphatic carbocycles. The maximum absolute atomic E-state index is 12.8. The van der Waals surface area contributed by atoms with Crippen LogP contribution in [0.2, 0.25) is 0 Å². The molecule has 1 atom stereocenters. The summed E-state index contributed by atoms with van der Waals surface area (Å²) in [6.07, 6.45) is 1.48. The second-order valence-electron chi connectivity index (χ2n) is 5.78. The molecule has 0 spiro atoms. The molecule has 2 aliphatic heterocycles. The third kappa shape index (κ3) is 2.25. The minimum atomic E-state index is -0.620. The number of hydrogen-bond donors (Lipinski definition) is 1. The summed E-state index contributed by atoms with van der Waals surface area (Å²) in [5.74, 6) is -0.384. The molecule has 1 aromatic carbocycles. The van der Waals surface area contributed by atoms with E-state index in [1.54, 1.807) is 11.0 Å². The fourth-order valence-corrected chi connectivity index (χ4v) is 3.16. The largest absolute Gasteiger partial charge is 0.459 e. The number of nitrogens with zero attached hydrogens (tertiary/aromatic N) is 2. The molecule has 1 unspecified atom stereocenters. The first kappa shape index (κ1) is 14.5. The topological polar surface area (TPSA) is 82.9 Å². The number of imide groups is 1. The van der Waals surface area contributed by atoms with Crippen LogP contribution in [-0.4, -0.2) is 53.3 Å². The Kier molecular flexibility index (Phi) is 3.34. The number of urea groups is 1. The van der Waals surface area contributed by atoms with E-state index in [4.69, 9.17) is 4.42 Å². The molecule has 2 aliphatic rings. The van der Waals surface area contributed by atoms with Crippen molar-refractivity contribution in [3.63, 3.8) is 0 Å². The number of furan rings is 1. The maximum atomic E-state index is 12.8. The summed E-state index contributed by atoms with van der Waals surface area (Å²) in [5, 5.41) is 2.28. The summed E-state index contributed by atoms with van der Waals surface area (Å²) in [4.78, 5) is 39.3. The molecule has 0 saturated carbocycles. The number of rotatable bonds is 2. The molecule has 0 bridgehead atoms. The molecule has 7 nitrogen and oxygen atoms in total. The van der Waals surface area contributed by atoms with E-state index in [-0.39, 0.29) is 30.2 Å². The summed E-state index contributed by atoms with van der Waals surface area (Å²) in [6.45, 7) is 0.867. The summed E-state index contributed by atoms with van der Waals surface area (Å²) in [6, 6.07) is 10.2. The fraction of sp³-hybridized carbons (Fsp3) is 0.235. The molecular weight excluding hydrogens is 310 g/mol. The van der Waals surface area contributed by atoms with Gasteiger partial charge in [-0.05, 0) is 11.6 Å². The Bertz CT molecular complexity index is 814. The molecular formula is C17H15N3O4.